The van der Waals surface area contributed by atoms with Gasteiger partial charge in [-0.3, -0.25) is 4.90 Å². The normalized spacial score (nSPS) is 23.0. The maximum Gasteiger partial charge on any atom is 0.123 e. The highest BCUT2D eigenvalue weighted by Crippen LogP contribution is 2.32. The summed E-state index contributed by atoms with van der Waals surface area (Å²) in [6.07, 6.45) is 1.73. The van der Waals surface area contributed by atoms with Crippen molar-refractivity contribution in [2.45, 2.75) is 65.6 Å². The van der Waals surface area contributed by atoms with Crippen molar-refractivity contribution in [1.29, 1.82) is 0 Å². The van der Waals surface area contributed by atoms with E-state index in [9.17, 15) is 0 Å². The van der Waals surface area contributed by atoms with Crippen LogP contribution in [0.3, 0.4) is 0 Å². The van der Waals surface area contributed by atoms with E-state index in [1.807, 2.05) is 0 Å². The van der Waals surface area contributed by atoms with Crippen LogP contribution in [0, 0.1) is 6.92 Å². The molecule has 1 aliphatic heterocycles. The quantitative estimate of drug-likeness (QED) is 0.760. The molecule has 1 fully saturated rings. The standard InChI is InChI=1S/C20H33NO2/c1-15-8-9-18(20(4,5)6)19(12-15)22-11-7-10-21-13-16(2)23-17(3)14-21/h8-9,12,16-17H,7,10-11,13-14H2,1-6H3. The highest BCUT2D eigenvalue weighted by Gasteiger charge is 2.22. The zero-order valence-electron chi connectivity index (χ0n) is 15.7. The van der Waals surface area contributed by atoms with Crippen molar-refractivity contribution in [2.24, 2.45) is 0 Å². The van der Waals surface area contributed by atoms with Gasteiger partial charge >= 0.3 is 0 Å². The van der Waals surface area contributed by atoms with E-state index < -0.39 is 0 Å². The fourth-order valence-electron chi connectivity index (χ4n) is 3.31. The van der Waals surface area contributed by atoms with Crippen molar-refractivity contribution in [3.8, 4) is 5.75 Å². The molecule has 0 aromatic heterocycles. The van der Waals surface area contributed by atoms with Gasteiger partial charge in [-0.15, -0.1) is 0 Å². The molecular formula is C20H33NO2. The molecule has 0 saturated carbocycles. The predicted molar refractivity (Wildman–Crippen MR) is 96.4 cm³/mol. The summed E-state index contributed by atoms with van der Waals surface area (Å²) in [5, 5.41) is 0. The second kappa shape index (κ2) is 7.67. The molecule has 0 bridgehead atoms. The van der Waals surface area contributed by atoms with E-state index >= 15 is 0 Å². The van der Waals surface area contributed by atoms with Crippen molar-refractivity contribution in [3.05, 3.63) is 29.3 Å². The Labute approximate surface area is 142 Å². The average Bonchev–Trinajstić information content (AvgIpc) is 2.41. The summed E-state index contributed by atoms with van der Waals surface area (Å²) >= 11 is 0. The number of aryl methyl sites for hydroxylation is 1. The lowest BCUT2D eigenvalue weighted by atomic mass is 9.86. The lowest BCUT2D eigenvalue weighted by Crippen LogP contribution is -2.45. The molecule has 0 aliphatic carbocycles. The van der Waals surface area contributed by atoms with Gasteiger partial charge in [0.05, 0.1) is 18.8 Å². The van der Waals surface area contributed by atoms with E-state index in [1.54, 1.807) is 0 Å². The second-order valence-electron chi connectivity index (χ2n) is 7.97. The first kappa shape index (κ1) is 18.3. The van der Waals surface area contributed by atoms with Crippen molar-refractivity contribution >= 4 is 0 Å². The van der Waals surface area contributed by atoms with Crippen molar-refractivity contribution in [2.75, 3.05) is 26.2 Å². The first-order chi connectivity index (χ1) is 10.8. The SMILES string of the molecule is Cc1ccc(C(C)(C)C)c(OCCCN2CC(C)OC(C)C2)c1. The van der Waals surface area contributed by atoms with Crippen molar-refractivity contribution in [1.82, 2.24) is 4.90 Å². The molecular weight excluding hydrogens is 286 g/mol. The maximum atomic E-state index is 6.13. The molecule has 1 heterocycles. The smallest absolute Gasteiger partial charge is 0.123 e. The fraction of sp³-hybridized carbons (Fsp3) is 0.700. The monoisotopic (exact) mass is 319 g/mol. The Bertz CT molecular complexity index is 497. The number of ether oxygens (including phenoxy) is 2. The number of hydrogen-bond acceptors (Lipinski definition) is 3. The Balaban J connectivity index is 1.86. The summed E-state index contributed by atoms with van der Waals surface area (Å²) in [6, 6.07) is 6.54. The van der Waals surface area contributed by atoms with Gasteiger partial charge in [-0.05, 0) is 49.8 Å². The van der Waals surface area contributed by atoms with Gasteiger partial charge in [0, 0.05) is 19.6 Å². The average molecular weight is 319 g/mol. The number of hydrogen-bond donors (Lipinski definition) is 0. The summed E-state index contributed by atoms with van der Waals surface area (Å²) in [4.78, 5) is 2.49. The van der Waals surface area contributed by atoms with Gasteiger partial charge in [0.15, 0.2) is 0 Å². The third kappa shape index (κ3) is 5.50. The summed E-state index contributed by atoms with van der Waals surface area (Å²) in [7, 11) is 0. The molecule has 0 N–H and O–H groups in total. The van der Waals surface area contributed by atoms with Crippen molar-refractivity contribution < 1.29 is 9.47 Å². The lowest BCUT2D eigenvalue weighted by Gasteiger charge is -2.35. The van der Waals surface area contributed by atoms with E-state index in [2.05, 4.69) is 64.6 Å². The van der Waals surface area contributed by atoms with Crippen LogP contribution in [0.5, 0.6) is 5.75 Å². The molecule has 2 unspecified atom stereocenters. The molecule has 3 heteroatoms. The lowest BCUT2D eigenvalue weighted by molar-refractivity contribution is -0.0686. The zero-order valence-corrected chi connectivity index (χ0v) is 15.7. The van der Waals surface area contributed by atoms with Gasteiger partial charge in [-0.1, -0.05) is 32.9 Å². The number of benzene rings is 1. The Hall–Kier alpha value is -1.06. The molecule has 1 aromatic carbocycles. The first-order valence-electron chi connectivity index (χ1n) is 8.87. The molecule has 0 spiro atoms. The Morgan fingerprint density at radius 1 is 1.17 bits per heavy atom. The van der Waals surface area contributed by atoms with Crippen LogP contribution in [0.2, 0.25) is 0 Å². The van der Waals surface area contributed by atoms with Crippen LogP contribution in [0.4, 0.5) is 0 Å². The highest BCUT2D eigenvalue weighted by molar-refractivity contribution is 5.41. The molecule has 1 aliphatic rings. The van der Waals surface area contributed by atoms with Gasteiger partial charge in [-0.25, -0.2) is 0 Å². The van der Waals surface area contributed by atoms with Gasteiger partial charge < -0.3 is 9.47 Å². The van der Waals surface area contributed by atoms with Crippen LogP contribution in [-0.2, 0) is 10.2 Å². The summed E-state index contributed by atoms with van der Waals surface area (Å²) < 4.78 is 11.9. The Morgan fingerprint density at radius 2 is 1.83 bits per heavy atom. The molecule has 0 radical (unpaired) electrons. The molecule has 1 aromatic rings. The minimum absolute atomic E-state index is 0.109. The number of morpholine rings is 1. The van der Waals surface area contributed by atoms with E-state index in [-0.39, 0.29) is 5.41 Å². The van der Waals surface area contributed by atoms with Crippen LogP contribution in [0.25, 0.3) is 0 Å². The number of nitrogens with zero attached hydrogens (tertiary/aromatic N) is 1. The molecule has 2 rings (SSSR count). The molecule has 3 nitrogen and oxygen atoms in total. The Morgan fingerprint density at radius 3 is 2.43 bits per heavy atom. The molecule has 130 valence electrons. The van der Waals surface area contributed by atoms with Gasteiger partial charge in [0.1, 0.15) is 5.75 Å². The molecule has 2 atom stereocenters. The minimum atomic E-state index is 0.109. The van der Waals surface area contributed by atoms with Gasteiger partial charge in [-0.2, -0.15) is 0 Å². The fourth-order valence-corrected chi connectivity index (χ4v) is 3.31. The summed E-state index contributed by atoms with van der Waals surface area (Å²) in [6.45, 7) is 17.0. The predicted octanol–water partition coefficient (Wildman–Crippen LogP) is 4.17. The minimum Gasteiger partial charge on any atom is -0.493 e. The zero-order chi connectivity index (χ0) is 17.0. The third-order valence-electron chi connectivity index (χ3n) is 4.32. The highest BCUT2D eigenvalue weighted by atomic mass is 16.5. The second-order valence-corrected chi connectivity index (χ2v) is 7.97. The van der Waals surface area contributed by atoms with Crippen LogP contribution in [0.1, 0.15) is 52.2 Å². The van der Waals surface area contributed by atoms with Crippen LogP contribution in [0.15, 0.2) is 18.2 Å². The van der Waals surface area contributed by atoms with Crippen LogP contribution >= 0.6 is 0 Å². The molecule has 1 saturated heterocycles. The number of rotatable bonds is 5. The van der Waals surface area contributed by atoms with E-state index in [0.717, 1.165) is 38.4 Å². The van der Waals surface area contributed by atoms with Gasteiger partial charge in [0.2, 0.25) is 0 Å². The van der Waals surface area contributed by atoms with Crippen LogP contribution in [-0.4, -0.2) is 43.3 Å². The first-order valence-corrected chi connectivity index (χ1v) is 8.87. The third-order valence-corrected chi connectivity index (χ3v) is 4.32. The largest absolute Gasteiger partial charge is 0.493 e. The topological polar surface area (TPSA) is 21.7 Å². The van der Waals surface area contributed by atoms with Crippen LogP contribution < -0.4 is 4.74 Å². The van der Waals surface area contributed by atoms with E-state index in [4.69, 9.17) is 9.47 Å². The van der Waals surface area contributed by atoms with E-state index in [0.29, 0.717) is 12.2 Å². The molecule has 23 heavy (non-hydrogen) atoms. The van der Waals surface area contributed by atoms with Crippen molar-refractivity contribution in [3.63, 3.8) is 0 Å². The maximum absolute atomic E-state index is 6.13. The van der Waals surface area contributed by atoms with Gasteiger partial charge in [0.25, 0.3) is 0 Å². The van der Waals surface area contributed by atoms with E-state index in [1.165, 1.54) is 11.1 Å². The summed E-state index contributed by atoms with van der Waals surface area (Å²) in [5.74, 6) is 1.04. The molecule has 0 amide bonds. The Kier molecular flexibility index (Phi) is 6.10. The summed E-state index contributed by atoms with van der Waals surface area (Å²) in [5.41, 5.74) is 2.65.